The van der Waals surface area contributed by atoms with Gasteiger partial charge in [0.25, 0.3) is 0 Å². The van der Waals surface area contributed by atoms with E-state index >= 15 is 0 Å². The second-order valence-electron chi connectivity index (χ2n) is 5.58. The Labute approximate surface area is 123 Å². The largest absolute Gasteiger partial charge is 0.325 e. The van der Waals surface area contributed by atoms with Crippen molar-refractivity contribution in [1.29, 1.82) is 0 Å². The molecule has 0 aromatic heterocycles. The summed E-state index contributed by atoms with van der Waals surface area (Å²) >= 11 is 0. The normalized spacial score (nSPS) is 14.2. The molecule has 1 heterocycles. The molecular weight excluding hydrogens is 276 g/mol. The smallest absolute Gasteiger partial charge is 0.320 e. The van der Waals surface area contributed by atoms with Crippen LogP contribution in [-0.2, 0) is 6.54 Å². The topological polar surface area (TPSA) is 26.8 Å². The van der Waals surface area contributed by atoms with Crippen LogP contribution in [0.4, 0.5) is 13.6 Å². The molecule has 1 aromatic rings. The third-order valence-corrected chi connectivity index (χ3v) is 3.59. The van der Waals surface area contributed by atoms with E-state index in [0.717, 1.165) is 25.6 Å². The van der Waals surface area contributed by atoms with Crippen LogP contribution in [0.25, 0.3) is 0 Å². The van der Waals surface area contributed by atoms with Gasteiger partial charge in [0.15, 0.2) is 0 Å². The third kappa shape index (κ3) is 4.14. The maximum Gasteiger partial charge on any atom is 0.320 e. The van der Waals surface area contributed by atoms with Gasteiger partial charge >= 0.3 is 6.03 Å². The van der Waals surface area contributed by atoms with Crippen molar-refractivity contribution >= 4 is 6.03 Å². The number of carbonyl (C=O) groups is 1. The number of likely N-dealkylation sites (N-methyl/N-ethyl adjacent to an activating group) is 1. The van der Waals surface area contributed by atoms with E-state index in [0.29, 0.717) is 18.7 Å². The van der Waals surface area contributed by atoms with Gasteiger partial charge in [-0.25, -0.2) is 13.6 Å². The van der Waals surface area contributed by atoms with Gasteiger partial charge in [-0.3, -0.25) is 0 Å². The Balaban J connectivity index is 2.08. The van der Waals surface area contributed by atoms with Crippen molar-refractivity contribution < 1.29 is 13.6 Å². The van der Waals surface area contributed by atoms with E-state index in [1.165, 1.54) is 12.1 Å². The first-order valence-electron chi connectivity index (χ1n) is 7.10. The van der Waals surface area contributed by atoms with Crippen molar-refractivity contribution in [2.24, 2.45) is 0 Å². The van der Waals surface area contributed by atoms with Gasteiger partial charge in [-0.05, 0) is 26.6 Å². The highest BCUT2D eigenvalue weighted by molar-refractivity contribution is 5.75. The Hall–Kier alpha value is -1.69. The Morgan fingerprint density at radius 2 is 1.95 bits per heavy atom. The van der Waals surface area contributed by atoms with E-state index in [9.17, 15) is 13.6 Å². The van der Waals surface area contributed by atoms with Crippen molar-refractivity contribution in [2.75, 3.05) is 40.3 Å². The molecule has 0 unspecified atom stereocenters. The molecule has 1 fully saturated rings. The van der Waals surface area contributed by atoms with Crippen molar-refractivity contribution in [1.82, 2.24) is 14.7 Å². The van der Waals surface area contributed by atoms with E-state index in [4.69, 9.17) is 0 Å². The second kappa shape index (κ2) is 6.85. The zero-order valence-electron chi connectivity index (χ0n) is 12.5. The van der Waals surface area contributed by atoms with Crippen LogP contribution in [0.15, 0.2) is 18.2 Å². The predicted molar refractivity (Wildman–Crippen MR) is 76.9 cm³/mol. The molecule has 0 spiro atoms. The fourth-order valence-electron chi connectivity index (χ4n) is 2.13. The van der Waals surface area contributed by atoms with Gasteiger partial charge in [0.1, 0.15) is 11.6 Å². The number of halogens is 2. The standard InChI is InChI=1S/C15H21F2N3O/c1-18(2)8-9-20(15(21)19-6-3-7-19)11-12-4-5-13(16)10-14(12)17/h4-5,10H,3,6-9,11H2,1-2H3. The Morgan fingerprint density at radius 3 is 2.48 bits per heavy atom. The number of hydrogen-bond acceptors (Lipinski definition) is 2. The lowest BCUT2D eigenvalue weighted by Crippen LogP contribution is -2.50. The summed E-state index contributed by atoms with van der Waals surface area (Å²) in [6.07, 6.45) is 1.01. The minimum absolute atomic E-state index is 0.0770. The van der Waals surface area contributed by atoms with Crippen LogP contribution in [0, 0.1) is 11.6 Å². The molecule has 116 valence electrons. The van der Waals surface area contributed by atoms with Crippen molar-refractivity contribution in [3.8, 4) is 0 Å². The monoisotopic (exact) mass is 297 g/mol. The van der Waals surface area contributed by atoms with Crippen LogP contribution in [-0.4, -0.2) is 61.0 Å². The van der Waals surface area contributed by atoms with E-state index in [1.54, 1.807) is 9.80 Å². The zero-order valence-corrected chi connectivity index (χ0v) is 12.5. The summed E-state index contributed by atoms with van der Waals surface area (Å²) in [5, 5.41) is 0. The van der Waals surface area contributed by atoms with Crippen molar-refractivity contribution in [3.05, 3.63) is 35.4 Å². The molecule has 21 heavy (non-hydrogen) atoms. The predicted octanol–water partition coefficient (Wildman–Crippen LogP) is 2.15. The summed E-state index contributed by atoms with van der Waals surface area (Å²) in [7, 11) is 3.84. The summed E-state index contributed by atoms with van der Waals surface area (Å²) in [6, 6.07) is 3.40. The average molecular weight is 297 g/mol. The highest BCUT2D eigenvalue weighted by Gasteiger charge is 2.26. The Kier molecular flexibility index (Phi) is 5.12. The quantitative estimate of drug-likeness (QED) is 0.832. The van der Waals surface area contributed by atoms with Crippen LogP contribution in [0.3, 0.4) is 0 Å². The van der Waals surface area contributed by atoms with Crippen LogP contribution in [0.1, 0.15) is 12.0 Å². The number of urea groups is 1. The number of rotatable bonds is 5. The third-order valence-electron chi connectivity index (χ3n) is 3.59. The number of carbonyl (C=O) groups excluding carboxylic acids is 1. The molecule has 2 rings (SSSR count). The van der Waals surface area contributed by atoms with Crippen LogP contribution < -0.4 is 0 Å². The lowest BCUT2D eigenvalue weighted by Gasteiger charge is -2.36. The molecule has 1 aliphatic rings. The minimum Gasteiger partial charge on any atom is -0.325 e. The molecule has 6 heteroatoms. The second-order valence-corrected chi connectivity index (χ2v) is 5.58. The molecule has 1 aliphatic heterocycles. The van der Waals surface area contributed by atoms with Gasteiger partial charge in [-0.1, -0.05) is 6.07 Å². The first-order valence-corrected chi connectivity index (χ1v) is 7.10. The van der Waals surface area contributed by atoms with Gasteiger partial charge in [-0.2, -0.15) is 0 Å². The molecule has 0 radical (unpaired) electrons. The summed E-state index contributed by atoms with van der Waals surface area (Å²) < 4.78 is 26.7. The zero-order chi connectivity index (χ0) is 15.4. The molecule has 4 nitrogen and oxygen atoms in total. The lowest BCUT2D eigenvalue weighted by atomic mass is 10.2. The van der Waals surface area contributed by atoms with E-state index in [2.05, 4.69) is 0 Å². The fourth-order valence-corrected chi connectivity index (χ4v) is 2.13. The summed E-state index contributed by atoms with van der Waals surface area (Å²) in [5.74, 6) is -1.22. The van der Waals surface area contributed by atoms with Crippen molar-refractivity contribution in [3.63, 3.8) is 0 Å². The van der Waals surface area contributed by atoms with Crippen LogP contribution in [0.2, 0.25) is 0 Å². The Morgan fingerprint density at radius 1 is 1.24 bits per heavy atom. The molecule has 1 aromatic carbocycles. The molecular formula is C15H21F2N3O. The molecule has 0 aliphatic carbocycles. The number of hydrogen-bond donors (Lipinski definition) is 0. The number of amides is 2. The van der Waals surface area contributed by atoms with Crippen LogP contribution >= 0.6 is 0 Å². The highest BCUT2D eigenvalue weighted by atomic mass is 19.1. The summed E-state index contributed by atoms with van der Waals surface area (Å²) in [6.45, 7) is 2.88. The first kappa shape index (κ1) is 15.7. The van der Waals surface area contributed by atoms with Gasteiger partial charge in [0.05, 0.1) is 6.54 Å². The highest BCUT2D eigenvalue weighted by Crippen LogP contribution is 2.16. The Bertz CT molecular complexity index is 504. The molecule has 0 bridgehead atoms. The fraction of sp³-hybridized carbons (Fsp3) is 0.533. The molecule has 0 saturated carbocycles. The van der Waals surface area contributed by atoms with E-state index < -0.39 is 11.6 Å². The number of likely N-dealkylation sites (tertiary alicyclic amines) is 1. The number of benzene rings is 1. The summed E-state index contributed by atoms with van der Waals surface area (Å²) in [5.41, 5.74) is 0.337. The SMILES string of the molecule is CN(C)CCN(Cc1ccc(F)cc1F)C(=O)N1CCC1. The minimum atomic E-state index is -0.610. The summed E-state index contributed by atoms with van der Waals surface area (Å²) in [4.78, 5) is 17.7. The van der Waals surface area contributed by atoms with Gasteiger partial charge in [0, 0.05) is 37.8 Å². The maximum absolute atomic E-state index is 13.8. The molecule has 0 N–H and O–H groups in total. The van der Waals surface area contributed by atoms with E-state index in [-0.39, 0.29) is 12.6 Å². The van der Waals surface area contributed by atoms with Crippen molar-refractivity contribution in [2.45, 2.75) is 13.0 Å². The van der Waals surface area contributed by atoms with Gasteiger partial charge < -0.3 is 14.7 Å². The first-order chi connectivity index (χ1) is 9.97. The number of nitrogens with zero attached hydrogens (tertiary/aromatic N) is 3. The van der Waals surface area contributed by atoms with Crippen LogP contribution in [0.5, 0.6) is 0 Å². The van der Waals surface area contributed by atoms with Gasteiger partial charge in [0.2, 0.25) is 0 Å². The maximum atomic E-state index is 13.8. The van der Waals surface area contributed by atoms with E-state index in [1.807, 2.05) is 19.0 Å². The average Bonchev–Trinajstić information content (AvgIpc) is 2.34. The molecule has 2 amide bonds. The van der Waals surface area contributed by atoms with Gasteiger partial charge in [-0.15, -0.1) is 0 Å². The molecule has 1 saturated heterocycles. The molecule has 0 atom stereocenters. The lowest BCUT2D eigenvalue weighted by molar-refractivity contribution is 0.120.